The average molecular weight is 194 g/mol. The van der Waals surface area contributed by atoms with Gasteiger partial charge < -0.3 is 0 Å². The van der Waals surface area contributed by atoms with Crippen LogP contribution in [0.3, 0.4) is 0 Å². The molecule has 0 aromatic carbocycles. The number of amides is 2. The fourth-order valence-electron chi connectivity index (χ4n) is 1.38. The van der Waals surface area contributed by atoms with E-state index in [1.165, 1.54) is 23.6 Å². The molecule has 76 valence electrons. The normalized spacial score (nSPS) is 16.3. The first-order chi connectivity index (χ1) is 6.43. The lowest BCUT2D eigenvalue weighted by Gasteiger charge is -2.29. The molecular weight excluding hydrogens is 180 g/mol. The first-order valence-electron chi connectivity index (χ1n) is 4.40. The topological polar surface area (TPSA) is 40.6 Å². The van der Waals surface area contributed by atoms with E-state index in [2.05, 4.69) is 0 Å². The molecule has 0 aromatic rings. The summed E-state index contributed by atoms with van der Waals surface area (Å²) in [4.78, 5) is 25.4. The summed E-state index contributed by atoms with van der Waals surface area (Å²) in [5.74, 6) is -0.109. The molecule has 1 heterocycles. The second kappa shape index (κ2) is 3.65. The van der Waals surface area contributed by atoms with E-state index in [0.29, 0.717) is 0 Å². The van der Waals surface area contributed by atoms with Gasteiger partial charge >= 0.3 is 0 Å². The zero-order valence-corrected chi connectivity index (χ0v) is 8.87. The van der Waals surface area contributed by atoms with Gasteiger partial charge in [0.1, 0.15) is 0 Å². The smallest absolute Gasteiger partial charge is 0.227 e. The Bertz CT molecular complexity index is 308. The van der Waals surface area contributed by atoms with Gasteiger partial charge in [0, 0.05) is 37.6 Å². The molecule has 2 amide bonds. The summed E-state index contributed by atoms with van der Waals surface area (Å²) in [6.45, 7) is 6.57. The predicted octanol–water partition coefficient (Wildman–Crippen LogP) is 1.42. The third-order valence-electron chi connectivity index (χ3n) is 2.07. The van der Waals surface area contributed by atoms with Crippen molar-refractivity contribution < 1.29 is 9.59 Å². The second-order valence-corrected chi connectivity index (χ2v) is 3.32. The maximum Gasteiger partial charge on any atom is 0.227 e. The molecule has 0 aromatic heterocycles. The van der Waals surface area contributed by atoms with Crippen molar-refractivity contribution in [1.82, 2.24) is 9.80 Å². The van der Waals surface area contributed by atoms with Crippen molar-refractivity contribution >= 4 is 11.8 Å². The van der Waals surface area contributed by atoms with Crippen molar-refractivity contribution in [1.29, 1.82) is 0 Å². The highest BCUT2D eigenvalue weighted by molar-refractivity contribution is 5.80. The molecular formula is C10H14N2O2. The van der Waals surface area contributed by atoms with Crippen molar-refractivity contribution in [2.24, 2.45) is 0 Å². The van der Waals surface area contributed by atoms with Crippen molar-refractivity contribution in [2.45, 2.75) is 27.7 Å². The highest BCUT2D eigenvalue weighted by atomic mass is 16.2. The minimum absolute atomic E-state index is 0.0543. The molecule has 0 radical (unpaired) electrons. The molecule has 1 aliphatic heterocycles. The van der Waals surface area contributed by atoms with Crippen LogP contribution in [0.5, 0.6) is 0 Å². The molecule has 14 heavy (non-hydrogen) atoms. The highest BCUT2D eigenvalue weighted by Gasteiger charge is 2.18. The number of allylic oxidation sites excluding steroid dienone is 2. The molecule has 1 rings (SSSR count). The van der Waals surface area contributed by atoms with E-state index in [1.54, 1.807) is 26.2 Å². The van der Waals surface area contributed by atoms with Gasteiger partial charge in [0.25, 0.3) is 0 Å². The fourth-order valence-corrected chi connectivity index (χ4v) is 1.38. The van der Waals surface area contributed by atoms with E-state index in [4.69, 9.17) is 0 Å². The Hall–Kier alpha value is -1.58. The zero-order valence-electron chi connectivity index (χ0n) is 8.87. The van der Waals surface area contributed by atoms with Gasteiger partial charge in [-0.05, 0) is 13.8 Å². The summed E-state index contributed by atoms with van der Waals surface area (Å²) in [6.07, 6.45) is 3.33. The minimum Gasteiger partial charge on any atom is -0.289 e. The summed E-state index contributed by atoms with van der Waals surface area (Å²) in [5.41, 5.74) is 1.50. The van der Waals surface area contributed by atoms with Crippen LogP contribution in [0, 0.1) is 0 Å². The van der Waals surface area contributed by atoms with Crippen molar-refractivity contribution in [2.75, 3.05) is 0 Å². The minimum atomic E-state index is -0.0543. The lowest BCUT2D eigenvalue weighted by atomic mass is 10.3. The summed E-state index contributed by atoms with van der Waals surface area (Å²) >= 11 is 0. The molecule has 0 aliphatic carbocycles. The van der Waals surface area contributed by atoms with Gasteiger partial charge in [0.15, 0.2) is 0 Å². The van der Waals surface area contributed by atoms with E-state index in [1.807, 2.05) is 0 Å². The molecule has 4 nitrogen and oxygen atoms in total. The van der Waals surface area contributed by atoms with Gasteiger partial charge in [-0.15, -0.1) is 0 Å². The quantitative estimate of drug-likeness (QED) is 0.585. The molecule has 0 saturated heterocycles. The second-order valence-electron chi connectivity index (χ2n) is 3.32. The summed E-state index contributed by atoms with van der Waals surface area (Å²) in [5, 5.41) is 0. The molecule has 1 aliphatic rings. The van der Waals surface area contributed by atoms with Gasteiger partial charge in [0.05, 0.1) is 0 Å². The van der Waals surface area contributed by atoms with E-state index < -0.39 is 0 Å². The van der Waals surface area contributed by atoms with Crippen LogP contribution >= 0.6 is 0 Å². The molecule has 0 fully saturated rings. The van der Waals surface area contributed by atoms with Gasteiger partial charge in [-0.2, -0.15) is 0 Å². The largest absolute Gasteiger partial charge is 0.289 e. The van der Waals surface area contributed by atoms with E-state index >= 15 is 0 Å². The van der Waals surface area contributed by atoms with Gasteiger partial charge in [-0.1, -0.05) is 0 Å². The Morgan fingerprint density at radius 3 is 1.43 bits per heavy atom. The number of carbonyl (C=O) groups excluding carboxylic acids is 2. The number of nitrogens with zero attached hydrogens (tertiary/aromatic N) is 2. The molecule has 0 saturated carbocycles. The summed E-state index contributed by atoms with van der Waals surface area (Å²) < 4.78 is 0. The third-order valence-corrected chi connectivity index (χ3v) is 2.07. The van der Waals surface area contributed by atoms with Gasteiger partial charge in [-0.3, -0.25) is 19.4 Å². The van der Waals surface area contributed by atoms with Crippen LogP contribution in [0.4, 0.5) is 0 Å². The standard InChI is InChI=1S/C10H14N2O2/c1-7-5-12(10(4)14)8(2)6-11(7)9(3)13/h5-6H,1-4H3. The van der Waals surface area contributed by atoms with Crippen LogP contribution in [0.15, 0.2) is 23.8 Å². The number of hydrogen-bond donors (Lipinski definition) is 0. The Balaban J connectivity index is 3.01. The average Bonchev–Trinajstić information content (AvgIpc) is 2.07. The molecule has 0 N–H and O–H groups in total. The number of hydrogen-bond acceptors (Lipinski definition) is 2. The maximum absolute atomic E-state index is 11.2. The third kappa shape index (κ3) is 1.84. The maximum atomic E-state index is 11.2. The van der Waals surface area contributed by atoms with Gasteiger partial charge in [0.2, 0.25) is 11.8 Å². The molecule has 0 spiro atoms. The number of carbonyl (C=O) groups is 2. The van der Waals surface area contributed by atoms with Crippen molar-refractivity contribution in [3.63, 3.8) is 0 Å². The molecule has 0 bridgehead atoms. The first kappa shape index (κ1) is 10.5. The lowest BCUT2D eigenvalue weighted by molar-refractivity contribution is -0.127. The van der Waals surface area contributed by atoms with Crippen LogP contribution < -0.4 is 0 Å². The summed E-state index contributed by atoms with van der Waals surface area (Å²) in [6, 6.07) is 0. The molecule has 0 unspecified atom stereocenters. The molecule has 0 atom stereocenters. The van der Waals surface area contributed by atoms with Crippen LogP contribution in [0.1, 0.15) is 27.7 Å². The van der Waals surface area contributed by atoms with Crippen LogP contribution in [-0.4, -0.2) is 21.6 Å². The van der Waals surface area contributed by atoms with E-state index in [9.17, 15) is 9.59 Å². The monoisotopic (exact) mass is 194 g/mol. The van der Waals surface area contributed by atoms with Gasteiger partial charge in [-0.25, -0.2) is 0 Å². The van der Waals surface area contributed by atoms with Crippen LogP contribution in [0.2, 0.25) is 0 Å². The lowest BCUT2D eigenvalue weighted by Crippen LogP contribution is -2.32. The zero-order chi connectivity index (χ0) is 10.9. The van der Waals surface area contributed by atoms with Crippen molar-refractivity contribution in [3.05, 3.63) is 23.8 Å². The fraction of sp³-hybridized carbons (Fsp3) is 0.400. The summed E-state index contributed by atoms with van der Waals surface area (Å²) in [7, 11) is 0. The highest BCUT2D eigenvalue weighted by Crippen LogP contribution is 2.18. The van der Waals surface area contributed by atoms with Crippen molar-refractivity contribution in [3.8, 4) is 0 Å². The van der Waals surface area contributed by atoms with Crippen LogP contribution in [0.25, 0.3) is 0 Å². The number of rotatable bonds is 0. The Labute approximate surface area is 83.5 Å². The SMILES string of the molecule is CC(=O)N1C=C(C)N(C(C)=O)C=C1C. The Morgan fingerprint density at radius 1 is 0.929 bits per heavy atom. The Morgan fingerprint density at radius 2 is 1.21 bits per heavy atom. The molecule has 4 heteroatoms. The van der Waals surface area contributed by atoms with E-state index in [0.717, 1.165) is 11.4 Å². The first-order valence-corrected chi connectivity index (χ1v) is 4.40. The van der Waals surface area contributed by atoms with Crippen LogP contribution in [-0.2, 0) is 9.59 Å². The predicted molar refractivity (Wildman–Crippen MR) is 52.6 cm³/mol. The van der Waals surface area contributed by atoms with E-state index in [-0.39, 0.29) is 11.8 Å². The Kier molecular flexibility index (Phi) is 2.74.